The number of carbonyl (C=O) groups is 2. The number of amides is 1. The van der Waals surface area contributed by atoms with Gasteiger partial charge in [-0.2, -0.15) is 0 Å². The van der Waals surface area contributed by atoms with Gasteiger partial charge in [0.2, 0.25) is 12.0 Å². The first-order valence-corrected chi connectivity index (χ1v) is 10.4. The largest absolute Gasteiger partial charge is 0.478 e. The summed E-state index contributed by atoms with van der Waals surface area (Å²) < 4.78 is 5.65. The molecule has 1 amide bonds. The highest BCUT2D eigenvalue weighted by atomic mass is 35.5. The van der Waals surface area contributed by atoms with E-state index in [-0.39, 0.29) is 18.5 Å². The van der Waals surface area contributed by atoms with Gasteiger partial charge in [0.15, 0.2) is 0 Å². The van der Waals surface area contributed by atoms with Crippen molar-refractivity contribution in [3.63, 3.8) is 0 Å². The zero-order valence-electron chi connectivity index (χ0n) is 17.3. The number of rotatable bonds is 7. The number of ether oxygens (including phenoxy) is 1. The Morgan fingerprint density at radius 3 is 2.40 bits per heavy atom. The Morgan fingerprint density at radius 1 is 1.13 bits per heavy atom. The van der Waals surface area contributed by atoms with E-state index < -0.39 is 12.1 Å². The molecule has 0 bridgehead atoms. The van der Waals surface area contributed by atoms with Gasteiger partial charge in [-0.3, -0.25) is 9.69 Å². The maximum absolute atomic E-state index is 12.7. The fourth-order valence-corrected chi connectivity index (χ4v) is 3.76. The second kappa shape index (κ2) is 9.96. The van der Waals surface area contributed by atoms with Gasteiger partial charge < -0.3 is 14.7 Å². The highest BCUT2D eigenvalue weighted by molar-refractivity contribution is 6.30. The van der Waals surface area contributed by atoms with Gasteiger partial charge >= 0.3 is 5.97 Å². The number of nitrogens with zero attached hydrogens (tertiary/aromatic N) is 2. The number of piperazine rings is 1. The molecule has 0 spiro atoms. The van der Waals surface area contributed by atoms with Crippen LogP contribution in [0.15, 0.2) is 48.5 Å². The van der Waals surface area contributed by atoms with Crippen LogP contribution in [0, 0.1) is 6.92 Å². The second-order valence-electron chi connectivity index (χ2n) is 7.76. The van der Waals surface area contributed by atoms with E-state index in [4.69, 9.17) is 16.3 Å². The van der Waals surface area contributed by atoms with Crippen molar-refractivity contribution >= 4 is 23.5 Å². The maximum Gasteiger partial charge on any atom is 0.346 e. The van der Waals surface area contributed by atoms with Crippen LogP contribution in [0.25, 0.3) is 0 Å². The van der Waals surface area contributed by atoms with E-state index >= 15 is 0 Å². The standard InChI is InChI=1S/C23H27ClN2O4/c1-16-3-5-18(6-4-16)13-22(27)26-12-11-25(14-17(26)2)15-21(23(28)29)30-20-9-7-19(24)8-10-20/h3-10,17,21H,11-15H2,1-2H3,(H,28,29)/t17-,21?/m0/s1. The number of carboxylic acids is 1. The van der Waals surface area contributed by atoms with Crippen LogP contribution in [0.1, 0.15) is 18.1 Å². The van der Waals surface area contributed by atoms with Crippen LogP contribution in [0.2, 0.25) is 5.02 Å². The highest BCUT2D eigenvalue weighted by Gasteiger charge is 2.31. The normalized spacial score (nSPS) is 18.1. The Kier molecular flexibility index (Phi) is 7.34. The summed E-state index contributed by atoms with van der Waals surface area (Å²) in [5.41, 5.74) is 2.17. The quantitative estimate of drug-likeness (QED) is 0.730. The third-order valence-electron chi connectivity index (χ3n) is 5.30. The molecule has 0 aliphatic carbocycles. The van der Waals surface area contributed by atoms with Crippen molar-refractivity contribution in [1.29, 1.82) is 0 Å². The van der Waals surface area contributed by atoms with Crippen LogP contribution in [0.4, 0.5) is 0 Å². The lowest BCUT2D eigenvalue weighted by molar-refractivity contribution is -0.147. The molecule has 3 rings (SSSR count). The van der Waals surface area contributed by atoms with Crippen molar-refractivity contribution in [2.75, 3.05) is 26.2 Å². The minimum atomic E-state index is -1.02. The molecular formula is C23H27ClN2O4. The summed E-state index contributed by atoms with van der Waals surface area (Å²) in [4.78, 5) is 28.3. The lowest BCUT2D eigenvalue weighted by atomic mass is 10.1. The third kappa shape index (κ3) is 5.97. The molecule has 1 fully saturated rings. The van der Waals surface area contributed by atoms with E-state index in [1.807, 2.05) is 47.9 Å². The summed E-state index contributed by atoms with van der Waals surface area (Å²) in [6.07, 6.45) is -0.615. The fraction of sp³-hybridized carbons (Fsp3) is 0.391. The van der Waals surface area contributed by atoms with Crippen molar-refractivity contribution in [3.8, 4) is 5.75 Å². The molecule has 30 heavy (non-hydrogen) atoms. The minimum Gasteiger partial charge on any atom is -0.478 e. The molecule has 2 aromatic rings. The van der Waals surface area contributed by atoms with Crippen molar-refractivity contribution in [2.45, 2.75) is 32.4 Å². The second-order valence-corrected chi connectivity index (χ2v) is 8.19. The molecule has 1 saturated heterocycles. The van der Waals surface area contributed by atoms with E-state index in [2.05, 4.69) is 0 Å². The van der Waals surface area contributed by atoms with Gasteiger partial charge in [0.1, 0.15) is 5.75 Å². The summed E-state index contributed by atoms with van der Waals surface area (Å²) in [5.74, 6) is -0.458. The Bertz CT molecular complexity index is 870. The first-order valence-electron chi connectivity index (χ1n) is 10.0. The summed E-state index contributed by atoms with van der Waals surface area (Å²) >= 11 is 5.87. The van der Waals surface area contributed by atoms with Crippen molar-refractivity contribution < 1.29 is 19.4 Å². The zero-order chi connectivity index (χ0) is 21.7. The number of aliphatic carboxylic acids is 1. The number of halogens is 1. The molecule has 0 aromatic heterocycles. The number of benzene rings is 2. The summed E-state index contributed by atoms with van der Waals surface area (Å²) in [7, 11) is 0. The number of carboxylic acid groups (broad SMARTS) is 1. The third-order valence-corrected chi connectivity index (χ3v) is 5.55. The molecule has 6 nitrogen and oxygen atoms in total. The molecule has 2 aromatic carbocycles. The molecule has 0 radical (unpaired) electrons. The molecule has 1 unspecified atom stereocenters. The first-order chi connectivity index (χ1) is 14.3. The van der Waals surface area contributed by atoms with Gasteiger partial charge in [0.05, 0.1) is 6.42 Å². The molecule has 7 heteroatoms. The van der Waals surface area contributed by atoms with E-state index in [9.17, 15) is 14.7 Å². The van der Waals surface area contributed by atoms with E-state index in [1.54, 1.807) is 24.3 Å². The summed E-state index contributed by atoms with van der Waals surface area (Å²) in [5, 5.41) is 10.1. The maximum atomic E-state index is 12.7. The molecule has 1 N–H and O–H groups in total. The summed E-state index contributed by atoms with van der Waals surface area (Å²) in [6, 6.07) is 14.6. The monoisotopic (exact) mass is 430 g/mol. The van der Waals surface area contributed by atoms with E-state index in [0.29, 0.717) is 36.8 Å². The van der Waals surface area contributed by atoms with Crippen LogP contribution in [-0.2, 0) is 16.0 Å². The van der Waals surface area contributed by atoms with Gasteiger partial charge in [-0.25, -0.2) is 4.79 Å². The molecule has 0 saturated carbocycles. The van der Waals surface area contributed by atoms with Gasteiger partial charge in [-0.15, -0.1) is 0 Å². The topological polar surface area (TPSA) is 70.1 Å². The summed E-state index contributed by atoms with van der Waals surface area (Å²) in [6.45, 7) is 6.05. The average Bonchev–Trinajstić information content (AvgIpc) is 2.70. The van der Waals surface area contributed by atoms with Crippen molar-refractivity contribution in [2.24, 2.45) is 0 Å². The Balaban J connectivity index is 1.55. The predicted molar refractivity (Wildman–Crippen MR) is 116 cm³/mol. The van der Waals surface area contributed by atoms with Crippen LogP contribution < -0.4 is 4.74 Å². The lowest BCUT2D eigenvalue weighted by Gasteiger charge is -2.40. The fourth-order valence-electron chi connectivity index (χ4n) is 3.63. The Labute approximate surface area is 182 Å². The number of carbonyl (C=O) groups excluding carboxylic acids is 1. The molecule has 1 aliphatic heterocycles. The van der Waals surface area contributed by atoms with Crippen LogP contribution in [0.5, 0.6) is 5.75 Å². The lowest BCUT2D eigenvalue weighted by Crippen LogP contribution is -2.56. The van der Waals surface area contributed by atoms with Crippen molar-refractivity contribution in [1.82, 2.24) is 9.80 Å². The smallest absolute Gasteiger partial charge is 0.346 e. The van der Waals surface area contributed by atoms with Gasteiger partial charge in [-0.1, -0.05) is 41.4 Å². The molecule has 160 valence electrons. The molecular weight excluding hydrogens is 404 g/mol. The van der Waals surface area contributed by atoms with Gasteiger partial charge in [0, 0.05) is 37.2 Å². The van der Waals surface area contributed by atoms with Crippen LogP contribution >= 0.6 is 11.6 Å². The SMILES string of the molecule is Cc1ccc(CC(=O)N2CCN(CC(Oc3ccc(Cl)cc3)C(=O)O)C[C@@H]2C)cc1. The Hall–Kier alpha value is -2.57. The number of hydrogen-bond acceptors (Lipinski definition) is 4. The number of aryl methyl sites for hydroxylation is 1. The van der Waals surface area contributed by atoms with E-state index in [0.717, 1.165) is 5.56 Å². The van der Waals surface area contributed by atoms with Gasteiger partial charge in [-0.05, 0) is 43.7 Å². The highest BCUT2D eigenvalue weighted by Crippen LogP contribution is 2.19. The minimum absolute atomic E-state index is 0.00155. The first kappa shape index (κ1) is 22.1. The average molecular weight is 431 g/mol. The van der Waals surface area contributed by atoms with E-state index in [1.165, 1.54) is 5.56 Å². The number of hydrogen-bond donors (Lipinski definition) is 1. The molecule has 1 aliphatic rings. The molecule has 1 heterocycles. The zero-order valence-corrected chi connectivity index (χ0v) is 18.0. The Morgan fingerprint density at radius 2 is 1.80 bits per heavy atom. The predicted octanol–water partition coefficient (Wildman–Crippen LogP) is 3.26. The van der Waals surface area contributed by atoms with Gasteiger partial charge in [0.25, 0.3) is 0 Å². The van der Waals surface area contributed by atoms with Crippen LogP contribution in [-0.4, -0.2) is 65.1 Å². The van der Waals surface area contributed by atoms with Crippen LogP contribution in [0.3, 0.4) is 0 Å². The molecule has 2 atom stereocenters. The van der Waals surface area contributed by atoms with Crippen molar-refractivity contribution in [3.05, 3.63) is 64.7 Å².